The molecule has 1 atom stereocenters. The van der Waals surface area contributed by atoms with Gasteiger partial charge >= 0.3 is 0 Å². The summed E-state index contributed by atoms with van der Waals surface area (Å²) < 4.78 is 0. The van der Waals surface area contributed by atoms with Crippen molar-refractivity contribution in [1.82, 2.24) is 5.32 Å². The molecule has 1 aliphatic rings. The van der Waals surface area contributed by atoms with Crippen LogP contribution in [0.4, 0.5) is 0 Å². The Morgan fingerprint density at radius 1 is 1.18 bits per heavy atom. The van der Waals surface area contributed by atoms with Crippen LogP contribution in [0.15, 0.2) is 42.5 Å². The lowest BCUT2D eigenvalue weighted by atomic mass is 9.72. The zero-order chi connectivity index (χ0) is 15.7. The molecule has 2 nitrogen and oxygen atoms in total. The Bertz CT molecular complexity index is 726. The van der Waals surface area contributed by atoms with Crippen LogP contribution in [0.25, 0.3) is 0 Å². The zero-order valence-corrected chi connectivity index (χ0v) is 13.6. The first-order valence-electron chi connectivity index (χ1n) is 7.55. The van der Waals surface area contributed by atoms with Crippen LogP contribution in [-0.2, 0) is 11.8 Å². The third-order valence-electron chi connectivity index (χ3n) is 4.64. The van der Waals surface area contributed by atoms with Gasteiger partial charge in [-0.15, -0.1) is 0 Å². The molecule has 2 aromatic rings. The second kappa shape index (κ2) is 5.76. The average Bonchev–Trinajstić information content (AvgIpc) is 2.54. The Balaban J connectivity index is 2.06. The number of nitrogens with zero attached hydrogens (tertiary/aromatic N) is 1. The van der Waals surface area contributed by atoms with E-state index in [-0.39, 0.29) is 11.5 Å². The maximum atomic E-state index is 9.19. The Kier molecular flexibility index (Phi) is 3.95. The normalized spacial score (nSPS) is 17.6. The second-order valence-electron chi connectivity index (χ2n) is 6.39. The van der Waals surface area contributed by atoms with Gasteiger partial charge in [0.1, 0.15) is 0 Å². The molecule has 112 valence electrons. The molecule has 2 aromatic carbocycles. The SMILES string of the molecule is CC(C)(c1ccc(Cl)cc1)C1NCCc2ccc(C#N)cc21. The summed E-state index contributed by atoms with van der Waals surface area (Å²) in [6, 6.07) is 16.5. The van der Waals surface area contributed by atoms with Gasteiger partial charge in [-0.2, -0.15) is 5.26 Å². The average molecular weight is 311 g/mol. The molecule has 3 heteroatoms. The smallest absolute Gasteiger partial charge is 0.0991 e. The van der Waals surface area contributed by atoms with Gasteiger partial charge in [0.2, 0.25) is 0 Å². The highest BCUT2D eigenvalue weighted by atomic mass is 35.5. The van der Waals surface area contributed by atoms with E-state index >= 15 is 0 Å². The molecule has 0 radical (unpaired) electrons. The number of fused-ring (bicyclic) bond motifs is 1. The monoisotopic (exact) mass is 310 g/mol. The van der Waals surface area contributed by atoms with E-state index in [1.165, 1.54) is 16.7 Å². The molecule has 1 unspecified atom stereocenters. The summed E-state index contributed by atoms with van der Waals surface area (Å²) in [5, 5.41) is 13.6. The predicted octanol–water partition coefficient (Wildman–Crippen LogP) is 4.38. The van der Waals surface area contributed by atoms with Crippen LogP contribution in [0.5, 0.6) is 0 Å². The van der Waals surface area contributed by atoms with Gasteiger partial charge in [0.15, 0.2) is 0 Å². The highest BCUT2D eigenvalue weighted by Crippen LogP contribution is 2.40. The molecular weight excluding hydrogens is 292 g/mol. The second-order valence-corrected chi connectivity index (χ2v) is 6.83. The molecule has 1 aliphatic heterocycles. The predicted molar refractivity (Wildman–Crippen MR) is 90.1 cm³/mol. The van der Waals surface area contributed by atoms with Crippen molar-refractivity contribution in [2.75, 3.05) is 6.54 Å². The van der Waals surface area contributed by atoms with E-state index in [0.29, 0.717) is 0 Å². The molecule has 0 bridgehead atoms. The standard InChI is InChI=1S/C19H19ClN2/c1-19(2,15-5-7-16(20)8-6-15)18-17-11-13(12-21)3-4-14(17)9-10-22-18/h3-8,11,18,22H,9-10H2,1-2H3. The number of benzene rings is 2. The molecule has 1 N–H and O–H groups in total. The van der Waals surface area contributed by atoms with Gasteiger partial charge in [-0.3, -0.25) is 0 Å². The van der Waals surface area contributed by atoms with Crippen molar-refractivity contribution in [3.05, 3.63) is 69.7 Å². The molecule has 22 heavy (non-hydrogen) atoms. The van der Waals surface area contributed by atoms with Gasteiger partial charge < -0.3 is 5.32 Å². The zero-order valence-electron chi connectivity index (χ0n) is 12.9. The largest absolute Gasteiger partial charge is 0.309 e. The first-order chi connectivity index (χ1) is 10.5. The molecular formula is C19H19ClN2. The fourth-order valence-corrected chi connectivity index (χ4v) is 3.44. The van der Waals surface area contributed by atoms with Crippen LogP contribution in [-0.4, -0.2) is 6.54 Å². The van der Waals surface area contributed by atoms with Crippen molar-refractivity contribution < 1.29 is 0 Å². The number of nitrogens with one attached hydrogen (secondary N) is 1. The van der Waals surface area contributed by atoms with Gasteiger partial charge in [0.25, 0.3) is 0 Å². The molecule has 0 spiro atoms. The van der Waals surface area contributed by atoms with Gasteiger partial charge in [0, 0.05) is 16.5 Å². The Labute approximate surface area is 136 Å². The summed E-state index contributed by atoms with van der Waals surface area (Å²) in [6.07, 6.45) is 1.01. The Hall–Kier alpha value is -1.82. The van der Waals surface area contributed by atoms with E-state index in [9.17, 15) is 5.26 Å². The van der Waals surface area contributed by atoms with E-state index in [1.54, 1.807) is 0 Å². The molecule has 0 aromatic heterocycles. The molecule has 0 amide bonds. The highest BCUT2D eigenvalue weighted by molar-refractivity contribution is 6.30. The maximum Gasteiger partial charge on any atom is 0.0991 e. The van der Waals surface area contributed by atoms with E-state index in [0.717, 1.165) is 23.6 Å². The minimum absolute atomic E-state index is 0.0894. The van der Waals surface area contributed by atoms with Gasteiger partial charge in [0.05, 0.1) is 11.6 Å². The van der Waals surface area contributed by atoms with Gasteiger partial charge in [-0.05, 0) is 53.9 Å². The number of halogens is 1. The number of rotatable bonds is 2. The summed E-state index contributed by atoms with van der Waals surface area (Å²) in [5.74, 6) is 0. The third kappa shape index (κ3) is 2.63. The molecule has 0 saturated heterocycles. The summed E-state index contributed by atoms with van der Waals surface area (Å²) >= 11 is 6.02. The third-order valence-corrected chi connectivity index (χ3v) is 4.89. The van der Waals surface area contributed by atoms with E-state index in [4.69, 9.17) is 11.6 Å². The highest BCUT2D eigenvalue weighted by Gasteiger charge is 2.35. The van der Waals surface area contributed by atoms with E-state index in [1.807, 2.05) is 24.3 Å². The first-order valence-corrected chi connectivity index (χ1v) is 7.92. The minimum Gasteiger partial charge on any atom is -0.309 e. The summed E-state index contributed by atoms with van der Waals surface area (Å²) in [4.78, 5) is 0. The lowest BCUT2D eigenvalue weighted by molar-refractivity contribution is 0.335. The lowest BCUT2D eigenvalue weighted by Crippen LogP contribution is -2.41. The van der Waals surface area contributed by atoms with Crippen LogP contribution >= 0.6 is 11.6 Å². The Morgan fingerprint density at radius 3 is 2.59 bits per heavy atom. The first kappa shape index (κ1) is 15.1. The van der Waals surface area contributed by atoms with Crippen LogP contribution < -0.4 is 5.32 Å². The molecule has 0 saturated carbocycles. The Morgan fingerprint density at radius 2 is 1.91 bits per heavy atom. The van der Waals surface area contributed by atoms with Crippen molar-refractivity contribution in [3.8, 4) is 6.07 Å². The lowest BCUT2D eigenvalue weighted by Gasteiger charge is -2.39. The number of nitriles is 1. The molecule has 0 fully saturated rings. The van der Waals surface area contributed by atoms with Crippen molar-refractivity contribution in [2.45, 2.75) is 31.7 Å². The topological polar surface area (TPSA) is 35.8 Å². The molecule has 0 aliphatic carbocycles. The quantitative estimate of drug-likeness (QED) is 0.893. The summed E-state index contributed by atoms with van der Waals surface area (Å²) in [6.45, 7) is 5.44. The van der Waals surface area contributed by atoms with Crippen molar-refractivity contribution in [3.63, 3.8) is 0 Å². The van der Waals surface area contributed by atoms with Gasteiger partial charge in [-0.25, -0.2) is 0 Å². The fraction of sp³-hybridized carbons (Fsp3) is 0.316. The fourth-order valence-electron chi connectivity index (χ4n) is 3.31. The van der Waals surface area contributed by atoms with Crippen LogP contribution in [0, 0.1) is 11.3 Å². The van der Waals surface area contributed by atoms with Gasteiger partial charge in [-0.1, -0.05) is 43.6 Å². The molecule has 1 heterocycles. The number of hydrogen-bond acceptors (Lipinski definition) is 2. The number of hydrogen-bond donors (Lipinski definition) is 1. The van der Waals surface area contributed by atoms with Crippen molar-refractivity contribution in [2.24, 2.45) is 0 Å². The van der Waals surface area contributed by atoms with Crippen molar-refractivity contribution in [1.29, 1.82) is 5.26 Å². The van der Waals surface area contributed by atoms with Crippen LogP contribution in [0.1, 0.15) is 42.1 Å². The molecule has 3 rings (SSSR count). The summed E-state index contributed by atoms with van der Waals surface area (Å²) in [5.41, 5.74) is 4.45. The van der Waals surface area contributed by atoms with E-state index in [2.05, 4.69) is 43.4 Å². The van der Waals surface area contributed by atoms with Crippen LogP contribution in [0.3, 0.4) is 0 Å². The van der Waals surface area contributed by atoms with Crippen LogP contribution in [0.2, 0.25) is 5.02 Å². The minimum atomic E-state index is -0.0894. The van der Waals surface area contributed by atoms with E-state index < -0.39 is 0 Å². The summed E-state index contributed by atoms with van der Waals surface area (Å²) in [7, 11) is 0. The maximum absolute atomic E-state index is 9.19. The van der Waals surface area contributed by atoms with Crippen molar-refractivity contribution >= 4 is 11.6 Å².